The third kappa shape index (κ3) is 5.91. The molecule has 0 spiro atoms. The summed E-state index contributed by atoms with van der Waals surface area (Å²) in [5.74, 6) is 0.612. The number of hydrogen-bond donors (Lipinski definition) is 2. The van der Waals surface area contributed by atoms with Gasteiger partial charge in [0.05, 0.1) is 13.2 Å². The van der Waals surface area contributed by atoms with Gasteiger partial charge in [0, 0.05) is 25.6 Å². The van der Waals surface area contributed by atoms with Gasteiger partial charge in [0.25, 0.3) is 0 Å². The molecule has 0 radical (unpaired) electrons. The van der Waals surface area contributed by atoms with E-state index in [0.29, 0.717) is 13.2 Å². The van der Waals surface area contributed by atoms with Crippen LogP contribution in [0.15, 0.2) is 53.5 Å². The summed E-state index contributed by atoms with van der Waals surface area (Å²) in [4.78, 5) is 4.73. The summed E-state index contributed by atoms with van der Waals surface area (Å²) >= 11 is 0. The molecule has 1 fully saturated rings. The Morgan fingerprint density at radius 2 is 1.86 bits per heavy atom. The van der Waals surface area contributed by atoms with Gasteiger partial charge in [-0.2, -0.15) is 0 Å². The Labute approximate surface area is 184 Å². The van der Waals surface area contributed by atoms with Crippen molar-refractivity contribution in [1.29, 1.82) is 0 Å². The largest absolute Gasteiger partial charge is 0.380 e. The Hall–Kier alpha value is -1.67. The third-order valence-electron chi connectivity index (χ3n) is 5.05. The van der Waals surface area contributed by atoms with Crippen molar-refractivity contribution in [2.45, 2.75) is 38.3 Å². The molecule has 2 N–H and O–H groups in total. The molecule has 0 bridgehead atoms. The summed E-state index contributed by atoms with van der Waals surface area (Å²) in [5.41, 5.74) is 3.39. The maximum absolute atomic E-state index is 13.6. The van der Waals surface area contributed by atoms with E-state index in [9.17, 15) is 4.39 Å². The standard InChI is InChI=1S/C22H28FN3O.HI/c1-3-24-21(25-14-17-7-4-5-8-18(17)15-27-2)26-16-22(11-12-22)19-9-6-10-20(23)13-19;/h4-10,13H,3,11-12,14-16H2,1-2H3,(H2,24,25,26);1H. The molecule has 0 atom stereocenters. The predicted molar refractivity (Wildman–Crippen MR) is 123 cm³/mol. The van der Waals surface area contributed by atoms with E-state index in [1.807, 2.05) is 18.2 Å². The summed E-state index contributed by atoms with van der Waals surface area (Å²) in [6.45, 7) is 4.76. The van der Waals surface area contributed by atoms with E-state index in [1.54, 1.807) is 19.2 Å². The lowest BCUT2D eigenvalue weighted by molar-refractivity contribution is 0.184. The van der Waals surface area contributed by atoms with Crippen molar-refractivity contribution < 1.29 is 9.13 Å². The van der Waals surface area contributed by atoms with Crippen LogP contribution >= 0.6 is 24.0 Å². The van der Waals surface area contributed by atoms with Gasteiger partial charge in [-0.15, -0.1) is 24.0 Å². The summed E-state index contributed by atoms with van der Waals surface area (Å²) in [6, 6.07) is 15.1. The lowest BCUT2D eigenvalue weighted by Gasteiger charge is -2.19. The molecule has 1 aliphatic carbocycles. The van der Waals surface area contributed by atoms with Crippen LogP contribution in [0.2, 0.25) is 0 Å². The average molecular weight is 497 g/mol. The van der Waals surface area contributed by atoms with Crippen molar-refractivity contribution in [3.8, 4) is 0 Å². The van der Waals surface area contributed by atoms with Gasteiger partial charge in [-0.05, 0) is 48.6 Å². The first-order valence-corrected chi connectivity index (χ1v) is 9.51. The van der Waals surface area contributed by atoms with Gasteiger partial charge in [-0.25, -0.2) is 9.38 Å². The predicted octanol–water partition coefficient (Wildman–Crippen LogP) is 4.38. The van der Waals surface area contributed by atoms with Crippen LogP contribution in [0.3, 0.4) is 0 Å². The fourth-order valence-corrected chi connectivity index (χ4v) is 3.30. The summed E-state index contributed by atoms with van der Waals surface area (Å²) in [6.07, 6.45) is 2.14. The lowest BCUT2D eigenvalue weighted by Crippen LogP contribution is -2.41. The zero-order valence-corrected chi connectivity index (χ0v) is 18.8. The Bertz CT molecular complexity index is 793. The van der Waals surface area contributed by atoms with Gasteiger partial charge < -0.3 is 15.4 Å². The van der Waals surface area contributed by atoms with Crippen molar-refractivity contribution in [3.05, 3.63) is 71.0 Å². The molecule has 0 aliphatic heterocycles. The third-order valence-corrected chi connectivity index (χ3v) is 5.05. The normalized spacial score (nSPS) is 14.9. The molecule has 0 aromatic heterocycles. The maximum atomic E-state index is 13.6. The first-order valence-electron chi connectivity index (χ1n) is 9.51. The number of halogens is 2. The van der Waals surface area contributed by atoms with E-state index >= 15 is 0 Å². The van der Waals surface area contributed by atoms with Crippen LogP contribution in [0, 0.1) is 5.82 Å². The minimum absolute atomic E-state index is 0. The fraction of sp³-hybridized carbons (Fsp3) is 0.409. The highest BCUT2D eigenvalue weighted by molar-refractivity contribution is 14.0. The van der Waals surface area contributed by atoms with Crippen molar-refractivity contribution >= 4 is 29.9 Å². The molecule has 4 nitrogen and oxygen atoms in total. The maximum Gasteiger partial charge on any atom is 0.191 e. The van der Waals surface area contributed by atoms with Gasteiger partial charge in [0.2, 0.25) is 0 Å². The van der Waals surface area contributed by atoms with Crippen molar-refractivity contribution in [2.75, 3.05) is 20.2 Å². The minimum atomic E-state index is -0.172. The van der Waals surface area contributed by atoms with Crippen molar-refractivity contribution in [3.63, 3.8) is 0 Å². The van der Waals surface area contributed by atoms with Crippen LogP contribution in [0.25, 0.3) is 0 Å². The second-order valence-corrected chi connectivity index (χ2v) is 7.04. The summed E-state index contributed by atoms with van der Waals surface area (Å²) < 4.78 is 18.9. The van der Waals surface area contributed by atoms with Gasteiger partial charge >= 0.3 is 0 Å². The molecule has 0 unspecified atom stereocenters. The molecule has 3 rings (SSSR count). The van der Waals surface area contributed by atoms with Crippen LogP contribution in [-0.2, 0) is 23.3 Å². The number of ether oxygens (including phenoxy) is 1. The molecule has 28 heavy (non-hydrogen) atoms. The highest BCUT2D eigenvalue weighted by Gasteiger charge is 2.44. The topological polar surface area (TPSA) is 45.7 Å². The van der Waals surface area contributed by atoms with E-state index in [4.69, 9.17) is 9.73 Å². The second kappa shape index (κ2) is 10.8. The minimum Gasteiger partial charge on any atom is -0.380 e. The van der Waals surface area contributed by atoms with Crippen LogP contribution in [-0.4, -0.2) is 26.2 Å². The van der Waals surface area contributed by atoms with Crippen LogP contribution in [0.4, 0.5) is 4.39 Å². The Morgan fingerprint density at radius 1 is 1.11 bits per heavy atom. The Kier molecular flexibility index (Phi) is 8.69. The SMILES string of the molecule is CCNC(=NCc1ccccc1COC)NCC1(c2cccc(F)c2)CC1.I. The van der Waals surface area contributed by atoms with E-state index in [1.165, 1.54) is 6.07 Å². The Balaban J connectivity index is 0.00000280. The summed E-state index contributed by atoms with van der Waals surface area (Å²) in [5, 5.41) is 6.75. The number of aliphatic imine (C=N–C) groups is 1. The fourth-order valence-electron chi connectivity index (χ4n) is 3.30. The first-order chi connectivity index (χ1) is 13.2. The van der Waals surface area contributed by atoms with E-state index in [2.05, 4.69) is 29.7 Å². The molecule has 0 amide bonds. The second-order valence-electron chi connectivity index (χ2n) is 7.04. The van der Waals surface area contributed by atoms with E-state index < -0.39 is 0 Å². The zero-order chi connectivity index (χ0) is 19.1. The number of nitrogens with one attached hydrogen (secondary N) is 2. The lowest BCUT2D eigenvalue weighted by atomic mass is 9.96. The number of rotatable bonds is 8. The first kappa shape index (κ1) is 22.6. The molecular formula is C22H29FIN3O. The van der Waals surface area contributed by atoms with Gasteiger partial charge in [-0.3, -0.25) is 0 Å². The van der Waals surface area contributed by atoms with Crippen molar-refractivity contribution in [1.82, 2.24) is 10.6 Å². The van der Waals surface area contributed by atoms with Crippen LogP contribution < -0.4 is 10.6 Å². The molecule has 6 heteroatoms. The zero-order valence-electron chi connectivity index (χ0n) is 16.5. The molecule has 152 valence electrons. The molecule has 0 saturated heterocycles. The average Bonchev–Trinajstić information content (AvgIpc) is 3.47. The number of nitrogens with zero attached hydrogens (tertiary/aromatic N) is 1. The number of methoxy groups -OCH3 is 1. The molecule has 1 saturated carbocycles. The number of benzene rings is 2. The van der Waals surface area contributed by atoms with Crippen LogP contribution in [0.5, 0.6) is 0 Å². The monoisotopic (exact) mass is 497 g/mol. The number of hydrogen-bond acceptors (Lipinski definition) is 2. The van der Waals surface area contributed by atoms with E-state index in [-0.39, 0.29) is 35.2 Å². The van der Waals surface area contributed by atoms with Crippen molar-refractivity contribution in [2.24, 2.45) is 4.99 Å². The van der Waals surface area contributed by atoms with E-state index in [0.717, 1.165) is 48.6 Å². The molecule has 2 aromatic carbocycles. The summed E-state index contributed by atoms with van der Waals surface area (Å²) in [7, 11) is 1.70. The van der Waals surface area contributed by atoms with Gasteiger partial charge in [0.15, 0.2) is 5.96 Å². The van der Waals surface area contributed by atoms with Gasteiger partial charge in [-0.1, -0.05) is 36.4 Å². The van der Waals surface area contributed by atoms with Gasteiger partial charge in [0.1, 0.15) is 5.82 Å². The molecule has 0 heterocycles. The Morgan fingerprint density at radius 3 is 2.50 bits per heavy atom. The molecule has 2 aromatic rings. The smallest absolute Gasteiger partial charge is 0.191 e. The highest BCUT2D eigenvalue weighted by Crippen LogP contribution is 2.47. The molecule has 1 aliphatic rings. The molecular weight excluding hydrogens is 468 g/mol. The quantitative estimate of drug-likeness (QED) is 0.324. The highest BCUT2D eigenvalue weighted by atomic mass is 127. The van der Waals surface area contributed by atoms with Crippen LogP contribution in [0.1, 0.15) is 36.5 Å². The number of guanidine groups is 1.